The predicted octanol–water partition coefficient (Wildman–Crippen LogP) is 7.11. The molecule has 0 saturated heterocycles. The molecule has 4 rings (SSSR count). The Morgan fingerprint density at radius 1 is 0.618 bits per heavy atom. The minimum absolute atomic E-state index is 0.488. The number of rotatable bonds is 6. The molecular weight excluding hydrogens is 449 g/mol. The van der Waals surface area contributed by atoms with Crippen molar-refractivity contribution >= 4 is 11.5 Å². The van der Waals surface area contributed by atoms with Crippen molar-refractivity contribution in [2.75, 3.05) is 5.32 Å². The molecule has 172 valence electrons. The van der Waals surface area contributed by atoms with Gasteiger partial charge in [-0.1, -0.05) is 91.0 Å². The third kappa shape index (κ3) is 4.17. The number of carbonyl (C=O) groups excluding carboxylic acids is 1. The highest BCUT2D eigenvalue weighted by Gasteiger charge is 2.44. The second-order valence-electron chi connectivity index (χ2n) is 7.58. The van der Waals surface area contributed by atoms with Crippen LogP contribution in [0.2, 0.25) is 0 Å². The van der Waals surface area contributed by atoms with Gasteiger partial charge in [0.15, 0.2) is 11.6 Å². The van der Waals surface area contributed by atoms with Crippen molar-refractivity contribution in [1.82, 2.24) is 0 Å². The first-order valence-electron chi connectivity index (χ1n) is 10.3. The van der Waals surface area contributed by atoms with E-state index in [1.54, 1.807) is 91.0 Å². The zero-order valence-electron chi connectivity index (χ0n) is 17.6. The number of Topliss-reactive ketones (excluding diaryl/α,β-unsaturated/α-hetero) is 1. The molecule has 0 bridgehead atoms. The smallest absolute Gasteiger partial charge is 0.367 e. The predicted molar refractivity (Wildman–Crippen MR) is 120 cm³/mol. The number of alkyl halides is 3. The number of halogens is 5. The fourth-order valence-corrected chi connectivity index (χ4v) is 4.00. The Labute approximate surface area is 192 Å². The van der Waals surface area contributed by atoms with Crippen molar-refractivity contribution in [2.45, 2.75) is 11.7 Å². The first-order valence-corrected chi connectivity index (χ1v) is 10.3. The number of carbonyl (C=O) groups is 1. The molecule has 0 aliphatic heterocycles. The van der Waals surface area contributed by atoms with Crippen molar-refractivity contribution in [1.29, 1.82) is 0 Å². The molecule has 0 aliphatic rings. The van der Waals surface area contributed by atoms with Crippen molar-refractivity contribution in [3.05, 3.63) is 137 Å². The van der Waals surface area contributed by atoms with Gasteiger partial charge in [0.25, 0.3) is 5.78 Å². The summed E-state index contributed by atoms with van der Waals surface area (Å²) in [5, 5.41) is 3.00. The van der Waals surface area contributed by atoms with Gasteiger partial charge in [-0.2, -0.15) is 13.2 Å². The van der Waals surface area contributed by atoms with Gasteiger partial charge in [0.05, 0.1) is 5.56 Å². The Kier molecular flexibility index (Phi) is 6.20. The van der Waals surface area contributed by atoms with Crippen molar-refractivity contribution in [2.24, 2.45) is 0 Å². The van der Waals surface area contributed by atoms with Crippen LogP contribution in [0.4, 0.5) is 27.6 Å². The van der Waals surface area contributed by atoms with Gasteiger partial charge in [-0.05, 0) is 28.8 Å². The van der Waals surface area contributed by atoms with Gasteiger partial charge in [0.2, 0.25) is 0 Å². The summed E-state index contributed by atoms with van der Waals surface area (Å²) in [7, 11) is 0. The molecule has 0 unspecified atom stereocenters. The molecule has 0 aliphatic carbocycles. The molecule has 0 saturated carbocycles. The lowest BCUT2D eigenvalue weighted by Gasteiger charge is -2.38. The molecule has 0 radical (unpaired) electrons. The van der Waals surface area contributed by atoms with E-state index in [4.69, 9.17) is 0 Å². The van der Waals surface area contributed by atoms with Crippen molar-refractivity contribution < 1.29 is 26.7 Å². The van der Waals surface area contributed by atoms with Gasteiger partial charge in [-0.25, -0.2) is 8.78 Å². The SMILES string of the molecule is O=C(c1c(NC(c2ccccc2)(c2ccccc2)c2ccccc2)ccc(F)c1F)C(F)(F)F. The van der Waals surface area contributed by atoms with Crippen molar-refractivity contribution in [3.8, 4) is 0 Å². The lowest BCUT2D eigenvalue weighted by Crippen LogP contribution is -2.39. The molecule has 34 heavy (non-hydrogen) atoms. The van der Waals surface area contributed by atoms with Gasteiger partial charge >= 0.3 is 6.18 Å². The standard InChI is InChI=1S/C27H18F5NO/c28-21-16-17-22(23(24(21)29)25(34)27(30,31)32)33-26(18-10-4-1-5-11-18,19-12-6-2-7-13-19)20-14-8-3-9-15-20/h1-17,33H. The molecule has 0 fully saturated rings. The summed E-state index contributed by atoms with van der Waals surface area (Å²) >= 11 is 0. The van der Waals surface area contributed by atoms with E-state index in [-0.39, 0.29) is 0 Å². The van der Waals surface area contributed by atoms with E-state index in [0.717, 1.165) is 6.07 Å². The van der Waals surface area contributed by atoms with E-state index in [0.29, 0.717) is 22.8 Å². The fourth-order valence-electron chi connectivity index (χ4n) is 4.00. The quantitative estimate of drug-likeness (QED) is 0.186. The number of nitrogens with one attached hydrogen (secondary N) is 1. The number of benzene rings is 4. The van der Waals surface area contributed by atoms with Crippen LogP contribution in [0.1, 0.15) is 27.0 Å². The molecule has 4 aromatic carbocycles. The highest BCUT2D eigenvalue weighted by Crippen LogP contribution is 2.42. The number of hydrogen-bond donors (Lipinski definition) is 1. The topological polar surface area (TPSA) is 29.1 Å². The molecule has 0 heterocycles. The Bertz CT molecular complexity index is 1190. The van der Waals surface area contributed by atoms with E-state index in [2.05, 4.69) is 5.32 Å². The average Bonchev–Trinajstić information content (AvgIpc) is 2.85. The maximum absolute atomic E-state index is 14.7. The maximum atomic E-state index is 14.7. The fraction of sp³-hybridized carbons (Fsp3) is 0.0741. The number of hydrogen-bond acceptors (Lipinski definition) is 2. The largest absolute Gasteiger partial charge is 0.455 e. The molecule has 0 spiro atoms. The summed E-state index contributed by atoms with van der Waals surface area (Å²) in [6.45, 7) is 0. The Morgan fingerprint density at radius 2 is 1.03 bits per heavy atom. The van der Waals surface area contributed by atoms with Gasteiger partial charge in [-0.3, -0.25) is 4.79 Å². The van der Waals surface area contributed by atoms with E-state index in [1.807, 2.05) is 0 Å². The van der Waals surface area contributed by atoms with E-state index in [9.17, 15) is 26.7 Å². The van der Waals surface area contributed by atoms with Gasteiger partial charge in [0, 0.05) is 5.69 Å². The van der Waals surface area contributed by atoms with Gasteiger partial charge in [-0.15, -0.1) is 0 Å². The zero-order chi connectivity index (χ0) is 24.3. The van der Waals surface area contributed by atoms with Crippen LogP contribution < -0.4 is 5.32 Å². The molecule has 7 heteroatoms. The lowest BCUT2D eigenvalue weighted by molar-refractivity contribution is -0.0887. The monoisotopic (exact) mass is 467 g/mol. The summed E-state index contributed by atoms with van der Waals surface area (Å²) in [5.74, 6) is -5.90. The molecule has 0 atom stereocenters. The Balaban J connectivity index is 2.05. The van der Waals surface area contributed by atoms with Crippen LogP contribution in [0.25, 0.3) is 0 Å². The number of ketones is 1. The first kappa shape index (κ1) is 23.2. The first-order chi connectivity index (χ1) is 16.2. The van der Waals surface area contributed by atoms with Crippen LogP contribution in [-0.4, -0.2) is 12.0 Å². The summed E-state index contributed by atoms with van der Waals surface area (Å²) in [6.07, 6.45) is -5.40. The third-order valence-electron chi connectivity index (χ3n) is 5.52. The normalized spacial score (nSPS) is 11.8. The minimum atomic E-state index is -5.40. The van der Waals surface area contributed by atoms with Gasteiger partial charge in [0.1, 0.15) is 5.54 Å². The van der Waals surface area contributed by atoms with Crippen LogP contribution in [0.15, 0.2) is 103 Å². The molecule has 2 nitrogen and oxygen atoms in total. The minimum Gasteiger partial charge on any atom is -0.367 e. The van der Waals surface area contributed by atoms with E-state index in [1.165, 1.54) is 0 Å². The highest BCUT2D eigenvalue weighted by atomic mass is 19.4. The van der Waals surface area contributed by atoms with Crippen LogP contribution in [0, 0.1) is 11.6 Å². The van der Waals surface area contributed by atoms with Crippen LogP contribution in [-0.2, 0) is 5.54 Å². The van der Waals surface area contributed by atoms with Crippen LogP contribution in [0.5, 0.6) is 0 Å². The molecule has 0 amide bonds. The van der Waals surface area contributed by atoms with Gasteiger partial charge < -0.3 is 5.32 Å². The average molecular weight is 467 g/mol. The summed E-state index contributed by atoms with van der Waals surface area (Å²) in [6, 6.07) is 28.1. The molecule has 1 N–H and O–H groups in total. The molecular formula is C27H18F5NO. The Morgan fingerprint density at radius 3 is 1.41 bits per heavy atom. The second kappa shape index (κ2) is 9.09. The lowest BCUT2D eigenvalue weighted by atomic mass is 9.76. The molecule has 4 aromatic rings. The number of anilines is 1. The summed E-state index contributed by atoms with van der Waals surface area (Å²) < 4.78 is 68.8. The van der Waals surface area contributed by atoms with Crippen molar-refractivity contribution in [3.63, 3.8) is 0 Å². The zero-order valence-corrected chi connectivity index (χ0v) is 17.6. The van der Waals surface area contributed by atoms with Crippen LogP contribution in [0.3, 0.4) is 0 Å². The third-order valence-corrected chi connectivity index (χ3v) is 5.52. The summed E-state index contributed by atoms with van der Waals surface area (Å²) in [5.41, 5.74) is -1.39. The van der Waals surface area contributed by atoms with E-state index >= 15 is 0 Å². The Hall–Kier alpha value is -4.00. The molecule has 0 aromatic heterocycles. The van der Waals surface area contributed by atoms with Crippen LogP contribution >= 0.6 is 0 Å². The second-order valence-corrected chi connectivity index (χ2v) is 7.58. The maximum Gasteiger partial charge on any atom is 0.455 e. The summed E-state index contributed by atoms with van der Waals surface area (Å²) in [4.78, 5) is 12.2. The highest BCUT2D eigenvalue weighted by molar-refractivity contribution is 6.05. The van der Waals surface area contributed by atoms with E-state index < -0.39 is 40.4 Å².